The Kier molecular flexibility index (Phi) is 5.85. The summed E-state index contributed by atoms with van der Waals surface area (Å²) < 4.78 is 38.0. The van der Waals surface area contributed by atoms with Crippen LogP contribution in [0.25, 0.3) is 11.3 Å². The summed E-state index contributed by atoms with van der Waals surface area (Å²) in [6, 6.07) is 11.2. The van der Waals surface area contributed by atoms with Crippen molar-refractivity contribution in [3.05, 3.63) is 69.8 Å². The molecule has 0 aliphatic carbocycles. The second kappa shape index (κ2) is 8.30. The van der Waals surface area contributed by atoms with E-state index in [1.807, 2.05) is 24.3 Å². The van der Waals surface area contributed by atoms with Crippen LogP contribution in [-0.2, 0) is 11.2 Å². The van der Waals surface area contributed by atoms with Gasteiger partial charge in [0.05, 0.1) is 6.61 Å². The molecule has 1 aromatic heterocycles. The third-order valence-corrected chi connectivity index (χ3v) is 4.36. The maximum absolute atomic E-state index is 13.6. The van der Waals surface area contributed by atoms with Gasteiger partial charge in [-0.05, 0) is 42.8 Å². The van der Waals surface area contributed by atoms with Gasteiger partial charge in [-0.15, -0.1) is 0 Å². The molecule has 0 atom stereocenters. The van der Waals surface area contributed by atoms with Gasteiger partial charge in [-0.3, -0.25) is 5.32 Å². The lowest BCUT2D eigenvalue weighted by atomic mass is 10.1. The summed E-state index contributed by atoms with van der Waals surface area (Å²) in [5.41, 5.74) is 1.75. The minimum absolute atomic E-state index is 0.0548. The summed E-state index contributed by atoms with van der Waals surface area (Å²) in [5, 5.41) is 6.46. The van der Waals surface area contributed by atoms with Crippen molar-refractivity contribution in [3.8, 4) is 11.3 Å². The molecule has 140 valence electrons. The van der Waals surface area contributed by atoms with Gasteiger partial charge in [0.1, 0.15) is 11.4 Å². The molecule has 0 saturated heterocycles. The number of anilines is 1. The molecule has 2 aromatic carbocycles. The summed E-state index contributed by atoms with van der Waals surface area (Å²) in [6.45, 7) is 1.58. The van der Waals surface area contributed by atoms with Crippen molar-refractivity contribution in [1.82, 2.24) is 5.16 Å². The van der Waals surface area contributed by atoms with Crippen molar-refractivity contribution >= 4 is 27.7 Å². The van der Waals surface area contributed by atoms with Crippen molar-refractivity contribution in [3.63, 3.8) is 0 Å². The molecule has 27 heavy (non-hydrogen) atoms. The average Bonchev–Trinajstić information content (AvgIpc) is 3.00. The van der Waals surface area contributed by atoms with Crippen LogP contribution in [0.1, 0.15) is 11.3 Å². The molecule has 0 fully saturated rings. The Morgan fingerprint density at radius 3 is 2.70 bits per heavy atom. The van der Waals surface area contributed by atoms with E-state index < -0.39 is 17.7 Å². The van der Waals surface area contributed by atoms with Crippen molar-refractivity contribution in [2.45, 2.75) is 13.3 Å². The maximum atomic E-state index is 13.6. The SMILES string of the molecule is Cc1noc(-c2ccc(Br)cc2)c1NC(=O)OCCc1cccc(F)c1F. The van der Waals surface area contributed by atoms with Gasteiger partial charge in [-0.1, -0.05) is 33.2 Å². The van der Waals surface area contributed by atoms with Crippen LogP contribution in [0.4, 0.5) is 19.3 Å². The Bertz CT molecular complexity index is 958. The molecular weight excluding hydrogens is 422 g/mol. The normalized spacial score (nSPS) is 10.7. The van der Waals surface area contributed by atoms with E-state index in [2.05, 4.69) is 26.4 Å². The van der Waals surface area contributed by atoms with Crippen LogP contribution in [0.2, 0.25) is 0 Å². The van der Waals surface area contributed by atoms with E-state index in [1.54, 1.807) is 6.92 Å². The molecule has 0 bridgehead atoms. The molecule has 0 aliphatic rings. The number of amides is 1. The predicted molar refractivity (Wildman–Crippen MR) is 99.4 cm³/mol. The first-order chi connectivity index (χ1) is 13.0. The molecule has 3 aromatic rings. The lowest BCUT2D eigenvalue weighted by Crippen LogP contribution is -2.16. The third-order valence-electron chi connectivity index (χ3n) is 3.83. The van der Waals surface area contributed by atoms with Gasteiger partial charge in [0.25, 0.3) is 0 Å². The molecule has 1 amide bonds. The first-order valence-corrected chi connectivity index (χ1v) is 8.84. The Morgan fingerprint density at radius 1 is 1.22 bits per heavy atom. The van der Waals surface area contributed by atoms with Crippen LogP contribution >= 0.6 is 15.9 Å². The van der Waals surface area contributed by atoms with E-state index in [0.29, 0.717) is 17.1 Å². The van der Waals surface area contributed by atoms with Crippen LogP contribution in [0.15, 0.2) is 51.5 Å². The predicted octanol–water partition coefficient (Wildman–Crippen LogP) is 5.48. The summed E-state index contributed by atoms with van der Waals surface area (Å²) in [4.78, 5) is 12.1. The number of nitrogens with one attached hydrogen (secondary N) is 1. The number of nitrogens with zero attached hydrogens (tertiary/aromatic N) is 1. The molecule has 5 nitrogen and oxygen atoms in total. The lowest BCUT2D eigenvalue weighted by Gasteiger charge is -2.08. The smallest absolute Gasteiger partial charge is 0.411 e. The van der Waals surface area contributed by atoms with Crippen LogP contribution in [0.3, 0.4) is 0 Å². The van der Waals surface area contributed by atoms with E-state index in [1.165, 1.54) is 12.1 Å². The molecular formula is C19H15BrF2N2O3. The monoisotopic (exact) mass is 436 g/mol. The highest BCUT2D eigenvalue weighted by molar-refractivity contribution is 9.10. The average molecular weight is 437 g/mol. The fourth-order valence-electron chi connectivity index (χ4n) is 2.45. The number of hydrogen-bond donors (Lipinski definition) is 1. The number of benzene rings is 2. The second-order valence-corrected chi connectivity index (χ2v) is 6.62. The quantitative estimate of drug-likeness (QED) is 0.574. The minimum atomic E-state index is -0.936. The Morgan fingerprint density at radius 2 is 1.96 bits per heavy atom. The first kappa shape index (κ1) is 19.0. The van der Waals surface area contributed by atoms with Gasteiger partial charge in [-0.25, -0.2) is 13.6 Å². The highest BCUT2D eigenvalue weighted by Crippen LogP contribution is 2.31. The summed E-state index contributed by atoms with van der Waals surface area (Å²) >= 11 is 3.35. The fraction of sp³-hybridized carbons (Fsp3) is 0.158. The van der Waals surface area contributed by atoms with Gasteiger partial charge in [-0.2, -0.15) is 0 Å². The maximum Gasteiger partial charge on any atom is 0.411 e. The zero-order valence-electron chi connectivity index (χ0n) is 14.3. The van der Waals surface area contributed by atoms with Crippen LogP contribution < -0.4 is 5.32 Å². The molecule has 0 spiro atoms. The molecule has 3 rings (SSSR count). The number of carbonyl (C=O) groups is 1. The highest BCUT2D eigenvalue weighted by Gasteiger charge is 2.18. The molecule has 0 aliphatic heterocycles. The summed E-state index contributed by atoms with van der Waals surface area (Å²) in [7, 11) is 0. The molecule has 0 unspecified atom stereocenters. The van der Waals surface area contributed by atoms with Crippen LogP contribution in [-0.4, -0.2) is 17.9 Å². The topological polar surface area (TPSA) is 64.4 Å². The standard InChI is InChI=1S/C19H15BrF2N2O3/c1-11-17(18(27-24-11)13-5-7-14(20)8-6-13)23-19(25)26-10-9-12-3-2-4-15(21)16(12)22/h2-8H,9-10H2,1H3,(H,23,25). The van der Waals surface area contributed by atoms with Gasteiger partial charge >= 0.3 is 6.09 Å². The second-order valence-electron chi connectivity index (χ2n) is 5.70. The van der Waals surface area contributed by atoms with E-state index >= 15 is 0 Å². The third kappa shape index (κ3) is 4.51. The Labute approximate surface area is 162 Å². The van der Waals surface area contributed by atoms with E-state index in [9.17, 15) is 13.6 Å². The van der Waals surface area contributed by atoms with Crippen LogP contribution in [0, 0.1) is 18.6 Å². The minimum Gasteiger partial charge on any atom is -0.449 e. The van der Waals surface area contributed by atoms with E-state index in [4.69, 9.17) is 9.26 Å². The number of hydrogen-bond acceptors (Lipinski definition) is 4. The van der Waals surface area contributed by atoms with E-state index in [-0.39, 0.29) is 18.6 Å². The summed E-state index contributed by atoms with van der Waals surface area (Å²) in [5.74, 6) is -1.47. The molecule has 0 radical (unpaired) electrons. The largest absolute Gasteiger partial charge is 0.449 e. The zero-order chi connectivity index (χ0) is 19.4. The molecule has 1 heterocycles. The molecule has 0 saturated carbocycles. The Balaban J connectivity index is 1.64. The summed E-state index contributed by atoms with van der Waals surface area (Å²) in [6.07, 6.45) is -0.685. The molecule has 8 heteroatoms. The van der Waals surface area contributed by atoms with Crippen LogP contribution in [0.5, 0.6) is 0 Å². The molecule has 1 N–H and O–H groups in total. The fourth-order valence-corrected chi connectivity index (χ4v) is 2.71. The van der Waals surface area contributed by atoms with Gasteiger partial charge in [0.15, 0.2) is 17.4 Å². The van der Waals surface area contributed by atoms with Gasteiger partial charge in [0, 0.05) is 16.5 Å². The lowest BCUT2D eigenvalue weighted by molar-refractivity contribution is 0.162. The number of rotatable bonds is 5. The number of carbonyl (C=O) groups excluding carboxylic acids is 1. The number of aryl methyl sites for hydroxylation is 1. The van der Waals surface area contributed by atoms with Gasteiger partial charge < -0.3 is 9.26 Å². The number of halogens is 3. The van der Waals surface area contributed by atoms with Crippen molar-refractivity contribution < 1.29 is 22.8 Å². The van der Waals surface area contributed by atoms with E-state index in [0.717, 1.165) is 16.1 Å². The highest BCUT2D eigenvalue weighted by atomic mass is 79.9. The van der Waals surface area contributed by atoms with Crippen molar-refractivity contribution in [1.29, 1.82) is 0 Å². The Hall–Kier alpha value is -2.74. The number of aromatic nitrogens is 1. The number of ether oxygens (including phenoxy) is 1. The van der Waals surface area contributed by atoms with Gasteiger partial charge in [0.2, 0.25) is 0 Å². The zero-order valence-corrected chi connectivity index (χ0v) is 15.8. The van der Waals surface area contributed by atoms with Crippen molar-refractivity contribution in [2.75, 3.05) is 11.9 Å². The first-order valence-electron chi connectivity index (χ1n) is 8.04. The van der Waals surface area contributed by atoms with Crippen molar-refractivity contribution in [2.24, 2.45) is 0 Å².